The Kier molecular flexibility index (Phi) is 4.48. The second-order valence-corrected chi connectivity index (χ2v) is 4.77. The third kappa shape index (κ3) is 3.39. The maximum Gasteiger partial charge on any atom is 0.161 e. The Morgan fingerprint density at radius 3 is 2.44 bits per heavy atom. The topological polar surface area (TPSA) is 38.7 Å². The molecule has 0 aromatic heterocycles. The number of rotatable bonds is 7. The second-order valence-electron chi connectivity index (χ2n) is 4.77. The van der Waals surface area contributed by atoms with Gasteiger partial charge >= 0.3 is 0 Å². The normalized spacial score (nSPS) is 16.4. The summed E-state index contributed by atoms with van der Waals surface area (Å²) in [6.07, 6.45) is 2.99. The van der Waals surface area contributed by atoms with Crippen LogP contribution in [-0.2, 0) is 0 Å². The lowest BCUT2D eigenvalue weighted by atomic mass is 10.0. The van der Waals surface area contributed by atoms with Crippen LogP contribution in [0.3, 0.4) is 0 Å². The molecular formula is C15H22O3. The van der Waals surface area contributed by atoms with Gasteiger partial charge < -0.3 is 14.6 Å². The molecule has 18 heavy (non-hydrogen) atoms. The molecule has 1 fully saturated rings. The minimum atomic E-state index is -0.382. The highest BCUT2D eigenvalue weighted by molar-refractivity contribution is 5.43. The third-order valence-corrected chi connectivity index (χ3v) is 3.21. The molecule has 0 spiro atoms. The SMILES string of the molecule is CCOc1ccc(C(O)CC2CC2)cc1OCC. The molecule has 1 N–H and O–H groups in total. The molecule has 1 aromatic carbocycles. The maximum absolute atomic E-state index is 10.1. The van der Waals surface area contributed by atoms with Gasteiger partial charge in [0.1, 0.15) is 0 Å². The highest BCUT2D eigenvalue weighted by Crippen LogP contribution is 2.39. The largest absolute Gasteiger partial charge is 0.490 e. The summed E-state index contributed by atoms with van der Waals surface area (Å²) < 4.78 is 11.1. The van der Waals surface area contributed by atoms with E-state index in [-0.39, 0.29) is 6.10 Å². The van der Waals surface area contributed by atoms with Crippen LogP contribution in [0.15, 0.2) is 18.2 Å². The van der Waals surface area contributed by atoms with Crippen molar-refractivity contribution in [1.82, 2.24) is 0 Å². The van der Waals surface area contributed by atoms with Gasteiger partial charge in [-0.3, -0.25) is 0 Å². The van der Waals surface area contributed by atoms with E-state index in [0.29, 0.717) is 19.1 Å². The molecule has 1 aliphatic carbocycles. The molecule has 3 heteroatoms. The van der Waals surface area contributed by atoms with E-state index < -0.39 is 0 Å². The molecule has 1 unspecified atom stereocenters. The van der Waals surface area contributed by atoms with E-state index in [2.05, 4.69) is 0 Å². The summed E-state index contributed by atoms with van der Waals surface area (Å²) in [5.41, 5.74) is 0.925. The van der Waals surface area contributed by atoms with Crippen molar-refractivity contribution in [1.29, 1.82) is 0 Å². The van der Waals surface area contributed by atoms with Gasteiger partial charge in [-0.1, -0.05) is 18.9 Å². The molecule has 2 rings (SSSR count). The van der Waals surface area contributed by atoms with Crippen LogP contribution in [0.1, 0.15) is 44.8 Å². The third-order valence-electron chi connectivity index (χ3n) is 3.21. The average molecular weight is 250 g/mol. The second kappa shape index (κ2) is 6.10. The minimum Gasteiger partial charge on any atom is -0.490 e. The number of hydrogen-bond acceptors (Lipinski definition) is 3. The Morgan fingerprint density at radius 2 is 1.83 bits per heavy atom. The molecule has 0 amide bonds. The van der Waals surface area contributed by atoms with E-state index in [9.17, 15) is 5.11 Å². The first kappa shape index (κ1) is 13.2. The number of ether oxygens (including phenoxy) is 2. The molecule has 1 aromatic rings. The molecule has 0 heterocycles. The first-order chi connectivity index (χ1) is 8.74. The van der Waals surface area contributed by atoms with Gasteiger partial charge in [-0.2, -0.15) is 0 Å². The van der Waals surface area contributed by atoms with E-state index >= 15 is 0 Å². The first-order valence-electron chi connectivity index (χ1n) is 6.82. The van der Waals surface area contributed by atoms with Crippen LogP contribution in [0.2, 0.25) is 0 Å². The summed E-state index contributed by atoms with van der Waals surface area (Å²) in [6, 6.07) is 5.72. The summed E-state index contributed by atoms with van der Waals surface area (Å²) in [6.45, 7) is 5.11. The number of benzene rings is 1. The van der Waals surface area contributed by atoms with Crippen molar-refractivity contribution in [2.45, 2.75) is 39.2 Å². The van der Waals surface area contributed by atoms with Crippen molar-refractivity contribution in [3.8, 4) is 11.5 Å². The van der Waals surface area contributed by atoms with Crippen LogP contribution in [0, 0.1) is 5.92 Å². The van der Waals surface area contributed by atoms with Gasteiger partial charge in [0.2, 0.25) is 0 Å². The molecule has 0 aliphatic heterocycles. The lowest BCUT2D eigenvalue weighted by molar-refractivity contribution is 0.159. The van der Waals surface area contributed by atoms with Crippen molar-refractivity contribution in [3.63, 3.8) is 0 Å². The van der Waals surface area contributed by atoms with Gasteiger partial charge in [0.05, 0.1) is 19.3 Å². The Bertz CT molecular complexity index is 385. The molecule has 1 saturated carbocycles. The summed E-state index contributed by atoms with van der Waals surface area (Å²) in [4.78, 5) is 0. The summed E-state index contributed by atoms with van der Waals surface area (Å²) in [7, 11) is 0. The van der Waals surface area contributed by atoms with Crippen molar-refractivity contribution < 1.29 is 14.6 Å². The molecule has 3 nitrogen and oxygen atoms in total. The lowest BCUT2D eigenvalue weighted by Crippen LogP contribution is -2.02. The maximum atomic E-state index is 10.1. The fraction of sp³-hybridized carbons (Fsp3) is 0.600. The average Bonchev–Trinajstić information content (AvgIpc) is 3.16. The van der Waals surface area contributed by atoms with Gasteiger partial charge in [-0.15, -0.1) is 0 Å². The predicted molar refractivity (Wildman–Crippen MR) is 71.1 cm³/mol. The van der Waals surface area contributed by atoms with Crippen LogP contribution < -0.4 is 9.47 Å². The minimum absolute atomic E-state index is 0.382. The van der Waals surface area contributed by atoms with Gasteiger partial charge in [-0.25, -0.2) is 0 Å². The molecular weight excluding hydrogens is 228 g/mol. The molecule has 100 valence electrons. The van der Waals surface area contributed by atoms with E-state index in [1.165, 1.54) is 12.8 Å². The zero-order valence-electron chi connectivity index (χ0n) is 11.2. The summed E-state index contributed by atoms with van der Waals surface area (Å²) >= 11 is 0. The standard InChI is InChI=1S/C15H22O3/c1-3-17-14-8-7-12(10-15(14)18-4-2)13(16)9-11-5-6-11/h7-8,10-11,13,16H,3-6,9H2,1-2H3. The molecule has 1 aliphatic rings. The summed E-state index contributed by atoms with van der Waals surface area (Å²) in [5, 5.41) is 10.1. The fourth-order valence-corrected chi connectivity index (χ4v) is 2.08. The fourth-order valence-electron chi connectivity index (χ4n) is 2.08. The quantitative estimate of drug-likeness (QED) is 0.806. The highest BCUT2D eigenvalue weighted by Gasteiger charge is 2.25. The molecule has 0 bridgehead atoms. The molecule has 0 radical (unpaired) electrons. The Morgan fingerprint density at radius 1 is 1.17 bits per heavy atom. The number of hydrogen-bond donors (Lipinski definition) is 1. The predicted octanol–water partition coefficient (Wildman–Crippen LogP) is 3.32. The van der Waals surface area contributed by atoms with Crippen LogP contribution in [0.25, 0.3) is 0 Å². The van der Waals surface area contributed by atoms with Crippen molar-refractivity contribution in [3.05, 3.63) is 23.8 Å². The van der Waals surface area contributed by atoms with Crippen LogP contribution in [0.5, 0.6) is 11.5 Å². The van der Waals surface area contributed by atoms with Gasteiger partial charge in [-0.05, 0) is 43.9 Å². The Balaban J connectivity index is 2.12. The first-order valence-corrected chi connectivity index (χ1v) is 6.82. The Labute approximate surface area is 109 Å². The highest BCUT2D eigenvalue weighted by atomic mass is 16.5. The van der Waals surface area contributed by atoms with E-state index in [1.807, 2.05) is 32.0 Å². The lowest BCUT2D eigenvalue weighted by Gasteiger charge is -2.15. The van der Waals surface area contributed by atoms with Crippen LogP contribution in [0.4, 0.5) is 0 Å². The number of aliphatic hydroxyl groups is 1. The molecule has 1 atom stereocenters. The monoisotopic (exact) mass is 250 g/mol. The van der Waals surface area contributed by atoms with Crippen molar-refractivity contribution in [2.24, 2.45) is 5.92 Å². The van der Waals surface area contributed by atoms with E-state index in [0.717, 1.165) is 23.5 Å². The van der Waals surface area contributed by atoms with Crippen molar-refractivity contribution >= 4 is 0 Å². The van der Waals surface area contributed by atoms with E-state index in [4.69, 9.17) is 9.47 Å². The van der Waals surface area contributed by atoms with Crippen molar-refractivity contribution in [2.75, 3.05) is 13.2 Å². The summed E-state index contributed by atoms with van der Waals surface area (Å²) in [5.74, 6) is 2.19. The van der Waals surface area contributed by atoms with Gasteiger partial charge in [0.25, 0.3) is 0 Å². The zero-order chi connectivity index (χ0) is 13.0. The smallest absolute Gasteiger partial charge is 0.161 e. The Hall–Kier alpha value is -1.22. The number of aliphatic hydroxyl groups excluding tert-OH is 1. The van der Waals surface area contributed by atoms with E-state index in [1.54, 1.807) is 0 Å². The molecule has 0 saturated heterocycles. The van der Waals surface area contributed by atoms with Crippen LogP contribution >= 0.6 is 0 Å². The van der Waals surface area contributed by atoms with Crippen LogP contribution in [-0.4, -0.2) is 18.3 Å². The van der Waals surface area contributed by atoms with Gasteiger partial charge in [0.15, 0.2) is 11.5 Å². The van der Waals surface area contributed by atoms with Gasteiger partial charge in [0, 0.05) is 0 Å². The zero-order valence-corrected chi connectivity index (χ0v) is 11.2.